The Bertz CT molecular complexity index is 594. The maximum atomic E-state index is 11.6. The summed E-state index contributed by atoms with van der Waals surface area (Å²) in [5.74, 6) is 0.904. The van der Waals surface area contributed by atoms with Crippen LogP contribution in [-0.4, -0.2) is 45.7 Å². The van der Waals surface area contributed by atoms with Gasteiger partial charge in [0.2, 0.25) is 0 Å². The van der Waals surface area contributed by atoms with Crippen LogP contribution in [0.4, 0.5) is 0 Å². The summed E-state index contributed by atoms with van der Waals surface area (Å²) in [6.07, 6.45) is 2.09. The molecule has 0 aromatic heterocycles. The zero-order valence-corrected chi connectivity index (χ0v) is 17.4. The predicted octanol–water partition coefficient (Wildman–Crippen LogP) is 3.23. The summed E-state index contributed by atoms with van der Waals surface area (Å²) in [5, 5.41) is 22.5. The summed E-state index contributed by atoms with van der Waals surface area (Å²) in [7, 11) is 0. The van der Waals surface area contributed by atoms with E-state index in [-0.39, 0.29) is 24.0 Å². The van der Waals surface area contributed by atoms with Gasteiger partial charge in [-0.2, -0.15) is 0 Å². The third kappa shape index (κ3) is 3.83. The molecule has 2 N–H and O–H groups in total. The average molecular weight is 381 g/mol. The molecule has 2 aliphatic heterocycles. The molecule has 2 bridgehead atoms. The van der Waals surface area contributed by atoms with Gasteiger partial charge in [-0.05, 0) is 57.3 Å². The Hall–Kier alpha value is -0.910. The van der Waals surface area contributed by atoms with Crippen LogP contribution in [0.25, 0.3) is 0 Å². The Balaban J connectivity index is 2.00. The van der Waals surface area contributed by atoms with Gasteiger partial charge in [-0.3, -0.25) is 4.79 Å². The van der Waals surface area contributed by atoms with Crippen molar-refractivity contribution in [1.29, 1.82) is 0 Å². The van der Waals surface area contributed by atoms with Gasteiger partial charge in [-0.1, -0.05) is 26.0 Å². The Kier molecular flexibility index (Phi) is 5.52. The van der Waals surface area contributed by atoms with E-state index in [2.05, 4.69) is 20.4 Å². The highest BCUT2D eigenvalue weighted by Gasteiger charge is 2.59. The van der Waals surface area contributed by atoms with E-state index in [4.69, 9.17) is 9.47 Å². The van der Waals surface area contributed by atoms with Crippen molar-refractivity contribution in [2.75, 3.05) is 0 Å². The summed E-state index contributed by atoms with van der Waals surface area (Å²) in [6, 6.07) is 0. The normalized spacial score (nSPS) is 47.8. The van der Waals surface area contributed by atoms with Gasteiger partial charge in [0.25, 0.3) is 0 Å². The summed E-state index contributed by atoms with van der Waals surface area (Å²) in [6.45, 7) is 13.7. The molecule has 0 radical (unpaired) electrons. The fourth-order valence-electron chi connectivity index (χ4n) is 5.85. The summed E-state index contributed by atoms with van der Waals surface area (Å²) < 4.78 is 11.9. The van der Waals surface area contributed by atoms with Gasteiger partial charge < -0.3 is 19.7 Å². The minimum absolute atomic E-state index is 0.130. The summed E-state index contributed by atoms with van der Waals surface area (Å²) >= 11 is 0. The molecule has 0 amide bonds. The highest BCUT2D eigenvalue weighted by atomic mass is 16.6. The smallest absolute Gasteiger partial charge is 0.303 e. The highest BCUT2D eigenvalue weighted by Crippen LogP contribution is 2.55. The molecule has 27 heavy (non-hydrogen) atoms. The minimum Gasteiger partial charge on any atom is -0.460 e. The van der Waals surface area contributed by atoms with Gasteiger partial charge in [-0.15, -0.1) is 0 Å². The molecule has 0 unspecified atom stereocenters. The van der Waals surface area contributed by atoms with E-state index in [0.717, 1.165) is 12.8 Å². The fourth-order valence-corrected chi connectivity index (χ4v) is 5.85. The molecule has 3 fully saturated rings. The van der Waals surface area contributed by atoms with E-state index in [0.29, 0.717) is 31.1 Å². The number of fused-ring (bicyclic) bond motifs is 5. The van der Waals surface area contributed by atoms with E-state index in [1.807, 2.05) is 6.92 Å². The number of aliphatic hydroxyl groups is 2. The van der Waals surface area contributed by atoms with Crippen LogP contribution < -0.4 is 0 Å². The molecule has 3 aliphatic rings. The van der Waals surface area contributed by atoms with Crippen LogP contribution in [0.2, 0.25) is 0 Å². The van der Waals surface area contributed by atoms with Gasteiger partial charge in [-0.25, -0.2) is 0 Å². The third-order valence-electron chi connectivity index (χ3n) is 7.25. The van der Waals surface area contributed by atoms with E-state index in [1.165, 1.54) is 12.5 Å². The quantitative estimate of drug-likeness (QED) is 0.568. The molecule has 8 atom stereocenters. The monoisotopic (exact) mass is 380 g/mol. The third-order valence-corrected chi connectivity index (χ3v) is 7.25. The molecule has 1 aliphatic carbocycles. The van der Waals surface area contributed by atoms with Crippen LogP contribution in [0.5, 0.6) is 0 Å². The van der Waals surface area contributed by atoms with Crippen molar-refractivity contribution in [1.82, 2.24) is 0 Å². The lowest BCUT2D eigenvalue weighted by Gasteiger charge is -2.45. The fraction of sp³-hybridized carbons (Fsp3) is 0.864. The largest absolute Gasteiger partial charge is 0.460 e. The van der Waals surface area contributed by atoms with Gasteiger partial charge in [0.05, 0.1) is 17.8 Å². The Morgan fingerprint density at radius 2 is 1.93 bits per heavy atom. The van der Waals surface area contributed by atoms with Crippen LogP contribution in [0.3, 0.4) is 0 Å². The molecule has 1 saturated carbocycles. The van der Waals surface area contributed by atoms with Crippen LogP contribution >= 0.6 is 0 Å². The second kappa shape index (κ2) is 7.16. The molecule has 5 heteroatoms. The molecule has 3 rings (SSSR count). The molecule has 0 aromatic rings. The van der Waals surface area contributed by atoms with Gasteiger partial charge in [0.15, 0.2) is 0 Å². The number of ether oxygens (including phenoxy) is 2. The number of rotatable bonds is 2. The van der Waals surface area contributed by atoms with Gasteiger partial charge in [0.1, 0.15) is 11.7 Å². The summed E-state index contributed by atoms with van der Waals surface area (Å²) in [5.41, 5.74) is -1.08. The van der Waals surface area contributed by atoms with Gasteiger partial charge in [0, 0.05) is 19.3 Å². The number of carbonyl (C=O) groups is 1. The first-order valence-electron chi connectivity index (χ1n) is 10.4. The molecule has 154 valence electrons. The first-order chi connectivity index (χ1) is 12.4. The topological polar surface area (TPSA) is 76.0 Å². The minimum atomic E-state index is -1.21. The molecule has 0 aromatic carbocycles. The van der Waals surface area contributed by atoms with Crippen molar-refractivity contribution >= 4 is 5.97 Å². The van der Waals surface area contributed by atoms with Crippen molar-refractivity contribution in [3.05, 3.63) is 12.2 Å². The van der Waals surface area contributed by atoms with E-state index < -0.39 is 23.3 Å². The van der Waals surface area contributed by atoms with Gasteiger partial charge >= 0.3 is 5.97 Å². The van der Waals surface area contributed by atoms with Crippen molar-refractivity contribution in [2.45, 2.75) is 96.2 Å². The first-order valence-corrected chi connectivity index (χ1v) is 10.4. The lowest BCUT2D eigenvalue weighted by atomic mass is 9.60. The van der Waals surface area contributed by atoms with Crippen molar-refractivity contribution in [2.24, 2.45) is 23.7 Å². The van der Waals surface area contributed by atoms with E-state index in [1.54, 1.807) is 6.92 Å². The first kappa shape index (κ1) is 20.8. The lowest BCUT2D eigenvalue weighted by molar-refractivity contribution is -0.165. The van der Waals surface area contributed by atoms with Crippen LogP contribution in [0.15, 0.2) is 12.2 Å². The van der Waals surface area contributed by atoms with Crippen LogP contribution in [0, 0.1) is 23.7 Å². The number of carbonyl (C=O) groups excluding carboxylic acids is 1. The Labute approximate surface area is 163 Å². The molecular formula is C22H36O5. The lowest BCUT2D eigenvalue weighted by Crippen LogP contribution is -2.50. The second-order valence-electron chi connectivity index (χ2n) is 9.86. The average Bonchev–Trinajstić information content (AvgIpc) is 2.91. The van der Waals surface area contributed by atoms with Crippen LogP contribution in [0.1, 0.15) is 66.7 Å². The Morgan fingerprint density at radius 3 is 2.52 bits per heavy atom. The zero-order chi connectivity index (χ0) is 20.1. The highest BCUT2D eigenvalue weighted by molar-refractivity contribution is 5.66. The molecule has 0 spiro atoms. The number of hydrogen-bond donors (Lipinski definition) is 2. The van der Waals surface area contributed by atoms with Crippen molar-refractivity contribution in [3.63, 3.8) is 0 Å². The number of hydrogen-bond acceptors (Lipinski definition) is 5. The second-order valence-corrected chi connectivity index (χ2v) is 9.86. The number of esters is 1. The predicted molar refractivity (Wildman–Crippen MR) is 103 cm³/mol. The maximum Gasteiger partial charge on any atom is 0.303 e. The van der Waals surface area contributed by atoms with E-state index >= 15 is 0 Å². The maximum absolute atomic E-state index is 11.6. The standard InChI is InChI=1S/C22H36O5/c1-12(2)15-8-7-13(3)18-16-11-22(6,25)17(26-14(4)23)9-10-21(5,24)20(27-16)19(15)18/h12,15-20,24-25H,3,7-11H2,1-2,4-6H3/t15-,16+,17+,18-,19-,20+,21-,22+/m1/s1. The molecular weight excluding hydrogens is 344 g/mol. The molecule has 2 saturated heterocycles. The Morgan fingerprint density at radius 1 is 1.26 bits per heavy atom. The van der Waals surface area contributed by atoms with Crippen LogP contribution in [-0.2, 0) is 14.3 Å². The van der Waals surface area contributed by atoms with Crippen molar-refractivity contribution in [3.8, 4) is 0 Å². The molecule has 2 heterocycles. The van der Waals surface area contributed by atoms with Crippen molar-refractivity contribution < 1.29 is 24.5 Å². The SMILES string of the molecule is C=C1CC[C@H](C(C)C)[C@@H]2[C@H]1[C@@H]1C[C@](C)(O)[C@@H](OC(C)=O)CC[C@@](C)(O)[C@H]2O1. The molecule has 5 nitrogen and oxygen atoms in total. The zero-order valence-electron chi connectivity index (χ0n) is 17.4. The summed E-state index contributed by atoms with van der Waals surface area (Å²) in [4.78, 5) is 11.6. The van der Waals surface area contributed by atoms with E-state index in [9.17, 15) is 15.0 Å².